The predicted octanol–water partition coefficient (Wildman–Crippen LogP) is 4.91. The average Bonchev–Trinajstić information content (AvgIpc) is 2.45. The van der Waals surface area contributed by atoms with E-state index >= 15 is 0 Å². The van der Waals surface area contributed by atoms with Crippen molar-refractivity contribution < 1.29 is 27.1 Å². The summed E-state index contributed by atoms with van der Waals surface area (Å²) in [5.41, 5.74) is -0.395. The third kappa shape index (κ3) is 6.08. The smallest absolute Gasteiger partial charge is 0.391 e. The van der Waals surface area contributed by atoms with Crippen LogP contribution in [0, 0.1) is 0 Å². The maximum Gasteiger partial charge on any atom is 0.488 e. The molecule has 0 rings (SSSR count). The molecule has 0 N–H and O–H groups in total. The number of nitrogens with zero attached hydrogens (tertiary/aromatic N) is 1. The van der Waals surface area contributed by atoms with Crippen molar-refractivity contribution in [1.82, 2.24) is 4.90 Å². The average molecular weight is 357 g/mol. The van der Waals surface area contributed by atoms with Gasteiger partial charge in [0, 0.05) is 12.1 Å². The molecule has 0 aliphatic rings. The molecule has 0 aliphatic heterocycles. The first-order valence-corrected chi connectivity index (χ1v) is 7.87. The molecule has 0 fully saturated rings. The van der Waals surface area contributed by atoms with Crippen molar-refractivity contribution in [3.63, 3.8) is 0 Å². The maximum absolute atomic E-state index is 14.2. The summed E-state index contributed by atoms with van der Waals surface area (Å²) in [4.78, 5) is 11.0. The van der Waals surface area contributed by atoms with Crippen LogP contribution in [-0.4, -0.2) is 34.6 Å². The van der Waals surface area contributed by atoms with Gasteiger partial charge in [0.2, 0.25) is 0 Å². The third-order valence-electron chi connectivity index (χ3n) is 3.10. The lowest BCUT2D eigenvalue weighted by Crippen LogP contribution is -2.58. The van der Waals surface area contributed by atoms with E-state index in [9.17, 15) is 22.4 Å². The van der Waals surface area contributed by atoms with Gasteiger partial charge in [0.1, 0.15) is 0 Å². The zero-order valence-corrected chi connectivity index (χ0v) is 14.5. The number of halogens is 4. The summed E-state index contributed by atoms with van der Waals surface area (Å²) in [6, 6.07) is -4.72. The number of rotatable bonds is 10. The Morgan fingerprint density at radius 1 is 1.17 bits per heavy atom. The second-order valence-electron chi connectivity index (χ2n) is 5.19. The molecule has 23 heavy (non-hydrogen) atoms. The van der Waals surface area contributed by atoms with Gasteiger partial charge < -0.3 is 4.74 Å². The van der Waals surface area contributed by atoms with Crippen LogP contribution in [0.4, 0.5) is 17.6 Å². The number of carbonyl (C=O) groups is 1. The highest BCUT2D eigenvalue weighted by atomic mass is 32.1. The summed E-state index contributed by atoms with van der Waals surface area (Å²) >= 11 is 4.79. The van der Waals surface area contributed by atoms with Crippen LogP contribution in [0.25, 0.3) is 0 Å². The lowest BCUT2D eigenvalue weighted by molar-refractivity contribution is -0.363. The molecule has 8 heteroatoms. The van der Waals surface area contributed by atoms with Crippen molar-refractivity contribution in [3.05, 3.63) is 12.2 Å². The summed E-state index contributed by atoms with van der Waals surface area (Å²) in [7, 11) is 0. The molecule has 0 aromatic carbocycles. The van der Waals surface area contributed by atoms with E-state index in [2.05, 4.69) is 11.3 Å². The number of carbonyl (C=O) groups excluding carboxylic acids is 1. The van der Waals surface area contributed by atoms with Gasteiger partial charge in [-0.1, -0.05) is 51.9 Å². The Kier molecular flexibility index (Phi) is 8.73. The zero-order chi connectivity index (χ0) is 18.3. The topological polar surface area (TPSA) is 29.5 Å². The van der Waals surface area contributed by atoms with Crippen molar-refractivity contribution >= 4 is 23.2 Å². The van der Waals surface area contributed by atoms with Crippen LogP contribution in [0.3, 0.4) is 0 Å². The van der Waals surface area contributed by atoms with Gasteiger partial charge >= 0.3 is 18.1 Å². The Balaban J connectivity index is 5.25. The van der Waals surface area contributed by atoms with Gasteiger partial charge in [0.25, 0.3) is 0 Å². The van der Waals surface area contributed by atoms with E-state index in [0.29, 0.717) is 6.42 Å². The van der Waals surface area contributed by atoms with Crippen LogP contribution in [0.2, 0.25) is 0 Å². The number of ether oxygens (including phenoxy) is 1. The van der Waals surface area contributed by atoms with Gasteiger partial charge in [-0.25, -0.2) is 4.79 Å². The first kappa shape index (κ1) is 21.8. The van der Waals surface area contributed by atoms with E-state index in [4.69, 9.17) is 12.2 Å². The van der Waals surface area contributed by atoms with Gasteiger partial charge in [-0.2, -0.15) is 17.6 Å². The normalized spacial score (nSPS) is 12.0. The van der Waals surface area contributed by atoms with Crippen molar-refractivity contribution in [1.29, 1.82) is 0 Å². The fraction of sp³-hybridized carbons (Fsp3) is 0.733. The monoisotopic (exact) mass is 357 g/mol. The van der Waals surface area contributed by atoms with E-state index in [1.165, 1.54) is 6.92 Å². The molecule has 0 saturated heterocycles. The number of esters is 1. The van der Waals surface area contributed by atoms with E-state index in [1.807, 2.05) is 6.92 Å². The minimum atomic E-state index is -5.01. The van der Waals surface area contributed by atoms with Crippen molar-refractivity contribution in [3.8, 4) is 0 Å². The Bertz CT molecular complexity index is 441. The fourth-order valence-electron chi connectivity index (χ4n) is 1.73. The molecule has 0 aliphatic carbocycles. The number of thiocarbonyl (C=S) groups is 1. The fourth-order valence-corrected chi connectivity index (χ4v) is 1.94. The molecule has 0 atom stereocenters. The highest BCUT2D eigenvalue weighted by molar-refractivity contribution is 7.80. The molecule has 0 amide bonds. The molecule has 0 saturated carbocycles. The molecular weight excluding hydrogens is 334 g/mol. The lowest BCUT2D eigenvalue weighted by Gasteiger charge is -2.36. The van der Waals surface area contributed by atoms with E-state index in [1.54, 1.807) is 0 Å². The number of hydrogen-bond donors (Lipinski definition) is 0. The van der Waals surface area contributed by atoms with Crippen LogP contribution in [0.15, 0.2) is 12.2 Å². The summed E-state index contributed by atoms with van der Waals surface area (Å²) < 4.78 is 59.7. The SMILES string of the molecule is C=C(C)C(=O)OC(F)(F)C(F)(F)N(CCCCCC)C(=S)CC. The summed E-state index contributed by atoms with van der Waals surface area (Å²) in [6.45, 7) is 7.29. The molecule has 0 bridgehead atoms. The highest BCUT2D eigenvalue weighted by Gasteiger charge is 2.64. The van der Waals surface area contributed by atoms with Gasteiger partial charge in [0.15, 0.2) is 0 Å². The van der Waals surface area contributed by atoms with Gasteiger partial charge in [0.05, 0.1) is 4.99 Å². The van der Waals surface area contributed by atoms with Gasteiger partial charge in [-0.3, -0.25) is 4.90 Å². The van der Waals surface area contributed by atoms with Crippen LogP contribution in [-0.2, 0) is 9.53 Å². The zero-order valence-electron chi connectivity index (χ0n) is 13.6. The van der Waals surface area contributed by atoms with Crippen molar-refractivity contribution in [2.24, 2.45) is 0 Å². The minimum absolute atomic E-state index is 0.00319. The maximum atomic E-state index is 14.2. The number of hydrogen-bond acceptors (Lipinski definition) is 3. The Hall–Kier alpha value is -1.18. The van der Waals surface area contributed by atoms with Crippen LogP contribution in [0.1, 0.15) is 52.9 Å². The van der Waals surface area contributed by atoms with E-state index in [0.717, 1.165) is 19.8 Å². The third-order valence-corrected chi connectivity index (χ3v) is 3.61. The van der Waals surface area contributed by atoms with Gasteiger partial charge in [-0.15, -0.1) is 0 Å². The molecule has 134 valence electrons. The summed E-state index contributed by atoms with van der Waals surface area (Å²) in [5.74, 6) is -1.58. The summed E-state index contributed by atoms with van der Waals surface area (Å²) in [6.07, 6.45) is -2.42. The first-order valence-electron chi connectivity index (χ1n) is 7.46. The van der Waals surface area contributed by atoms with Crippen molar-refractivity contribution in [2.45, 2.75) is 65.0 Å². The number of alkyl halides is 4. The molecule has 0 unspecified atom stereocenters. The molecule has 0 radical (unpaired) electrons. The second kappa shape index (κ2) is 9.20. The van der Waals surface area contributed by atoms with Crippen molar-refractivity contribution in [2.75, 3.05) is 6.54 Å². The molecular formula is C15H23F4NO2S. The highest BCUT2D eigenvalue weighted by Crippen LogP contribution is 2.39. The number of unbranched alkanes of at least 4 members (excludes halogenated alkanes) is 3. The molecule has 0 aromatic rings. The minimum Gasteiger partial charge on any atom is -0.391 e. The Labute approximate surface area is 139 Å². The molecule has 0 aromatic heterocycles. The molecule has 0 heterocycles. The Morgan fingerprint density at radius 3 is 2.17 bits per heavy atom. The Morgan fingerprint density at radius 2 is 1.74 bits per heavy atom. The largest absolute Gasteiger partial charge is 0.488 e. The second-order valence-corrected chi connectivity index (χ2v) is 5.66. The van der Waals surface area contributed by atoms with Crippen LogP contribution in [0.5, 0.6) is 0 Å². The first-order chi connectivity index (χ1) is 10.5. The van der Waals surface area contributed by atoms with E-state index < -0.39 is 23.7 Å². The molecule has 0 spiro atoms. The quantitative estimate of drug-likeness (QED) is 0.139. The summed E-state index contributed by atoms with van der Waals surface area (Å²) in [5, 5.41) is 0. The van der Waals surface area contributed by atoms with Crippen LogP contribution >= 0.6 is 12.2 Å². The molecule has 3 nitrogen and oxygen atoms in total. The standard InChI is InChI=1S/C15H23F4NO2S/c1-5-7-8-9-10-20(12(23)6-2)14(16,17)15(18,19)22-13(21)11(3)4/h3,5-10H2,1-2,4H3. The van der Waals surface area contributed by atoms with Gasteiger partial charge in [-0.05, 0) is 19.8 Å². The predicted molar refractivity (Wildman–Crippen MR) is 84.5 cm³/mol. The lowest BCUT2D eigenvalue weighted by atomic mass is 10.2. The van der Waals surface area contributed by atoms with Crippen LogP contribution < -0.4 is 0 Å². The van der Waals surface area contributed by atoms with E-state index in [-0.39, 0.29) is 29.3 Å².